The number of amides is 2. The molecule has 1 rings (SSSR count). The van der Waals surface area contributed by atoms with Gasteiger partial charge in [0.05, 0.1) is 0 Å². The molecule has 0 aromatic carbocycles. The standard InChI is InChI=1S/C12H18N2O2S.Na/c1-4-6-8(3)12(7-5-2)9(15)13-11(17)14-10(12)16;/h5,8H,2,4,6-7H2,1,3H3,(H2,13,14,15,16,17);/t8-;/m0./s1. The fraction of sp³-hybridized carbons (Fsp3) is 0.583. The second-order valence-corrected chi connectivity index (χ2v) is 4.80. The van der Waals surface area contributed by atoms with Crippen molar-refractivity contribution in [2.75, 3.05) is 0 Å². The van der Waals surface area contributed by atoms with Gasteiger partial charge in [0.2, 0.25) is 11.8 Å². The van der Waals surface area contributed by atoms with Crippen molar-refractivity contribution >= 4 is 58.7 Å². The number of nitrogens with one attached hydrogen (secondary N) is 2. The molecule has 1 radical (unpaired) electrons. The zero-order valence-electron chi connectivity index (χ0n) is 11.2. The summed E-state index contributed by atoms with van der Waals surface area (Å²) in [5, 5.41) is 5.16. The Balaban J connectivity index is 0.00000289. The molecule has 1 fully saturated rings. The van der Waals surface area contributed by atoms with Crippen LogP contribution in [0.3, 0.4) is 0 Å². The van der Waals surface area contributed by atoms with E-state index in [4.69, 9.17) is 12.2 Å². The first-order chi connectivity index (χ1) is 7.98. The Bertz CT molecular complexity index is 351. The van der Waals surface area contributed by atoms with E-state index in [-0.39, 0.29) is 52.4 Å². The third-order valence-corrected chi connectivity index (χ3v) is 3.50. The van der Waals surface area contributed by atoms with Crippen molar-refractivity contribution in [1.82, 2.24) is 10.6 Å². The van der Waals surface area contributed by atoms with E-state index in [0.29, 0.717) is 6.42 Å². The molecule has 0 aromatic heterocycles. The summed E-state index contributed by atoms with van der Waals surface area (Å²) in [6.45, 7) is 7.58. The van der Waals surface area contributed by atoms with Gasteiger partial charge < -0.3 is 10.6 Å². The first kappa shape index (κ1) is 17.8. The van der Waals surface area contributed by atoms with Crippen molar-refractivity contribution < 1.29 is 9.59 Å². The van der Waals surface area contributed by atoms with E-state index in [1.165, 1.54) is 0 Å². The second kappa shape index (κ2) is 7.38. The van der Waals surface area contributed by atoms with E-state index >= 15 is 0 Å². The van der Waals surface area contributed by atoms with Crippen molar-refractivity contribution in [2.24, 2.45) is 11.3 Å². The molecule has 0 bridgehead atoms. The Hall–Kier alpha value is -0.230. The van der Waals surface area contributed by atoms with Crippen LogP contribution < -0.4 is 10.6 Å². The number of allylic oxidation sites excluding steroid dienone is 1. The SMILES string of the molecule is C=CCC1([C@@H](C)CCC)C(=O)NC(=S)NC1=O.[Na]. The van der Waals surface area contributed by atoms with Crippen molar-refractivity contribution in [3.8, 4) is 0 Å². The van der Waals surface area contributed by atoms with Crippen molar-refractivity contribution in [3.05, 3.63) is 12.7 Å². The number of carbonyl (C=O) groups excluding carboxylic acids is 2. The zero-order chi connectivity index (χ0) is 13.1. The monoisotopic (exact) mass is 277 g/mol. The minimum atomic E-state index is -1.07. The predicted molar refractivity (Wildman–Crippen MR) is 76.0 cm³/mol. The van der Waals surface area contributed by atoms with Gasteiger partial charge in [-0.3, -0.25) is 9.59 Å². The summed E-state index contributed by atoms with van der Waals surface area (Å²) in [5.41, 5.74) is -1.07. The first-order valence-electron chi connectivity index (χ1n) is 5.76. The van der Waals surface area contributed by atoms with E-state index in [9.17, 15) is 9.59 Å². The van der Waals surface area contributed by atoms with Gasteiger partial charge in [0.25, 0.3) is 0 Å². The molecule has 0 aliphatic carbocycles. The minimum absolute atomic E-state index is 0. The van der Waals surface area contributed by atoms with Gasteiger partial charge in [-0.05, 0) is 31.0 Å². The first-order valence-corrected chi connectivity index (χ1v) is 6.17. The summed E-state index contributed by atoms with van der Waals surface area (Å²) in [6.07, 6.45) is 3.67. The molecule has 1 heterocycles. The minimum Gasteiger partial charge on any atom is -0.302 e. The Labute approximate surface area is 135 Å². The van der Waals surface area contributed by atoms with Gasteiger partial charge in [-0.1, -0.05) is 26.3 Å². The number of rotatable bonds is 5. The van der Waals surface area contributed by atoms with E-state index < -0.39 is 5.41 Å². The smallest absolute Gasteiger partial charge is 0.242 e. The second-order valence-electron chi connectivity index (χ2n) is 4.39. The third-order valence-electron chi connectivity index (χ3n) is 3.29. The van der Waals surface area contributed by atoms with Gasteiger partial charge >= 0.3 is 0 Å². The maximum Gasteiger partial charge on any atom is 0.242 e. The van der Waals surface area contributed by atoms with E-state index in [0.717, 1.165) is 12.8 Å². The summed E-state index contributed by atoms with van der Waals surface area (Å²) in [7, 11) is 0. The fourth-order valence-electron chi connectivity index (χ4n) is 2.30. The molecule has 2 amide bonds. The maximum absolute atomic E-state index is 12.1. The average Bonchev–Trinajstić information content (AvgIpc) is 2.23. The summed E-state index contributed by atoms with van der Waals surface area (Å²) in [4.78, 5) is 24.3. The van der Waals surface area contributed by atoms with Gasteiger partial charge in [-0.25, -0.2) is 0 Å². The van der Waals surface area contributed by atoms with E-state index in [1.807, 2.05) is 13.8 Å². The van der Waals surface area contributed by atoms with Gasteiger partial charge in [0.1, 0.15) is 5.41 Å². The van der Waals surface area contributed by atoms with Crippen molar-refractivity contribution in [2.45, 2.75) is 33.1 Å². The van der Waals surface area contributed by atoms with E-state index in [1.54, 1.807) is 6.08 Å². The molecule has 95 valence electrons. The number of hydrogen-bond donors (Lipinski definition) is 2. The molecule has 0 saturated carbocycles. The Morgan fingerprint density at radius 1 is 1.39 bits per heavy atom. The van der Waals surface area contributed by atoms with E-state index in [2.05, 4.69) is 17.2 Å². The summed E-state index contributed by atoms with van der Waals surface area (Å²) >= 11 is 4.81. The van der Waals surface area contributed by atoms with Crippen LogP contribution >= 0.6 is 12.2 Å². The molecular formula is C12H18N2NaO2S. The van der Waals surface area contributed by atoms with Gasteiger partial charge in [0, 0.05) is 29.6 Å². The predicted octanol–water partition coefficient (Wildman–Crippen LogP) is 1.14. The third kappa shape index (κ3) is 3.20. The number of hydrogen-bond acceptors (Lipinski definition) is 3. The molecule has 1 aliphatic heterocycles. The molecule has 0 aromatic rings. The van der Waals surface area contributed by atoms with Crippen LogP contribution in [0.1, 0.15) is 33.1 Å². The Kier molecular flexibility index (Phi) is 7.29. The topological polar surface area (TPSA) is 58.2 Å². The molecule has 18 heavy (non-hydrogen) atoms. The molecule has 1 atom stereocenters. The van der Waals surface area contributed by atoms with Crippen LogP contribution in [-0.2, 0) is 9.59 Å². The van der Waals surface area contributed by atoms with Gasteiger partial charge in [-0.2, -0.15) is 0 Å². The summed E-state index contributed by atoms with van der Waals surface area (Å²) < 4.78 is 0. The van der Waals surface area contributed by atoms with Crippen molar-refractivity contribution in [1.29, 1.82) is 0 Å². The zero-order valence-corrected chi connectivity index (χ0v) is 14.0. The Morgan fingerprint density at radius 2 is 1.89 bits per heavy atom. The largest absolute Gasteiger partial charge is 0.302 e. The molecule has 2 N–H and O–H groups in total. The summed E-state index contributed by atoms with van der Waals surface area (Å²) in [6, 6.07) is 0. The molecule has 1 saturated heterocycles. The molecule has 1 aliphatic rings. The molecule has 6 heteroatoms. The molecule has 0 spiro atoms. The van der Waals surface area contributed by atoms with Crippen LogP contribution in [0.5, 0.6) is 0 Å². The normalized spacial score (nSPS) is 19.3. The van der Waals surface area contributed by atoms with Crippen LogP contribution in [0.4, 0.5) is 0 Å². The molecular weight excluding hydrogens is 259 g/mol. The molecule has 4 nitrogen and oxygen atoms in total. The van der Waals surface area contributed by atoms with Crippen LogP contribution in [0.25, 0.3) is 0 Å². The van der Waals surface area contributed by atoms with Gasteiger partial charge in [0.15, 0.2) is 5.11 Å². The molecule has 0 unspecified atom stereocenters. The van der Waals surface area contributed by atoms with Crippen molar-refractivity contribution in [3.63, 3.8) is 0 Å². The quantitative estimate of drug-likeness (QED) is 0.343. The van der Waals surface area contributed by atoms with Crippen LogP contribution in [0.15, 0.2) is 12.7 Å². The maximum atomic E-state index is 12.1. The van der Waals surface area contributed by atoms with Crippen LogP contribution in [0, 0.1) is 11.3 Å². The number of thiocarbonyl (C=S) groups is 1. The number of carbonyl (C=O) groups is 2. The van der Waals surface area contributed by atoms with Crippen LogP contribution in [0.2, 0.25) is 0 Å². The summed E-state index contributed by atoms with van der Waals surface area (Å²) in [5.74, 6) is -0.673. The Morgan fingerprint density at radius 3 is 2.28 bits per heavy atom. The fourth-order valence-corrected chi connectivity index (χ4v) is 2.49. The van der Waals surface area contributed by atoms with Gasteiger partial charge in [-0.15, -0.1) is 6.58 Å². The van der Waals surface area contributed by atoms with Crippen LogP contribution in [-0.4, -0.2) is 46.5 Å². The average molecular weight is 277 g/mol.